The first-order valence-corrected chi connectivity index (χ1v) is 9.29. The molecule has 4 aromatic rings. The number of thioether (sulfide) groups is 1. The zero-order valence-corrected chi connectivity index (χ0v) is 14.4. The van der Waals surface area contributed by atoms with Crippen LogP contribution in [0.25, 0.3) is 28.1 Å². The molecule has 3 aromatic heterocycles. The number of hydrogen-bond acceptors (Lipinski definition) is 6. The van der Waals surface area contributed by atoms with Crippen molar-refractivity contribution in [1.82, 2.24) is 19.5 Å². The highest BCUT2D eigenvalue weighted by atomic mass is 32.2. The number of imidazole rings is 1. The number of nitrogens with zero attached hydrogens (tertiary/aromatic N) is 5. The molecule has 1 unspecified atom stereocenters. The maximum atomic E-state index is 12.6. The summed E-state index contributed by atoms with van der Waals surface area (Å²) in [5.41, 5.74) is 3.25. The van der Waals surface area contributed by atoms with Gasteiger partial charge in [-0.15, -0.1) is 0 Å². The van der Waals surface area contributed by atoms with Gasteiger partial charge < -0.3 is 9.73 Å². The molecule has 1 atom stereocenters. The molecule has 0 radical (unpaired) electrons. The van der Waals surface area contributed by atoms with Crippen LogP contribution in [0.1, 0.15) is 23.9 Å². The maximum absolute atomic E-state index is 12.6. The van der Waals surface area contributed by atoms with Crippen molar-refractivity contribution in [2.24, 2.45) is 0 Å². The molecule has 7 nitrogen and oxygen atoms in total. The standard InChI is InChI=1S/C17H15N5O2S/c1-10-15-14(16-19-17(24-20-16)11-6-7-25-8-11)18-9-21(15)12-4-2-3-5-13(12)22(10)23/h2-5,9,11H,6-8H2,1H3. The summed E-state index contributed by atoms with van der Waals surface area (Å²) in [4.78, 5) is 9.04. The summed E-state index contributed by atoms with van der Waals surface area (Å²) in [5, 5.41) is 16.8. The van der Waals surface area contributed by atoms with Crippen LogP contribution in [0.3, 0.4) is 0 Å². The van der Waals surface area contributed by atoms with Crippen molar-refractivity contribution in [1.29, 1.82) is 0 Å². The minimum Gasteiger partial charge on any atom is -0.618 e. The second-order valence-electron chi connectivity index (χ2n) is 6.20. The molecule has 0 aliphatic carbocycles. The van der Waals surface area contributed by atoms with Crippen molar-refractivity contribution in [2.75, 3.05) is 11.5 Å². The number of benzene rings is 1. The Kier molecular flexibility index (Phi) is 3.21. The van der Waals surface area contributed by atoms with E-state index < -0.39 is 0 Å². The highest BCUT2D eigenvalue weighted by Gasteiger charge is 2.26. The Balaban J connectivity index is 1.72. The number of fused-ring (bicyclic) bond motifs is 3. The average Bonchev–Trinajstić information content (AvgIpc) is 3.38. The number of rotatable bonds is 2. The summed E-state index contributed by atoms with van der Waals surface area (Å²) < 4.78 is 8.32. The molecule has 1 aliphatic rings. The van der Waals surface area contributed by atoms with Crippen molar-refractivity contribution in [3.05, 3.63) is 47.4 Å². The van der Waals surface area contributed by atoms with E-state index in [0.717, 1.165) is 28.2 Å². The fourth-order valence-corrected chi connectivity index (χ4v) is 4.59. The van der Waals surface area contributed by atoms with Crippen molar-refractivity contribution in [3.63, 3.8) is 0 Å². The molecule has 25 heavy (non-hydrogen) atoms. The van der Waals surface area contributed by atoms with Gasteiger partial charge in [-0.05, 0) is 18.2 Å². The molecular formula is C17H15N5O2S. The normalized spacial score (nSPS) is 17.7. The van der Waals surface area contributed by atoms with E-state index in [4.69, 9.17) is 4.52 Å². The Bertz CT molecular complexity index is 1100. The number of aryl methyl sites for hydroxylation is 1. The van der Waals surface area contributed by atoms with Crippen LogP contribution in [0, 0.1) is 12.1 Å². The third-order valence-electron chi connectivity index (χ3n) is 4.71. The van der Waals surface area contributed by atoms with E-state index in [1.807, 2.05) is 34.4 Å². The number of hydrogen-bond donors (Lipinski definition) is 0. The van der Waals surface area contributed by atoms with Crippen LogP contribution in [0.15, 0.2) is 35.1 Å². The molecule has 4 heterocycles. The van der Waals surface area contributed by atoms with E-state index in [2.05, 4.69) is 15.1 Å². The molecule has 0 spiro atoms. The van der Waals surface area contributed by atoms with E-state index >= 15 is 0 Å². The van der Waals surface area contributed by atoms with Gasteiger partial charge in [0.1, 0.15) is 23.1 Å². The van der Waals surface area contributed by atoms with Crippen LogP contribution in [0.4, 0.5) is 0 Å². The molecule has 126 valence electrons. The van der Waals surface area contributed by atoms with Gasteiger partial charge in [-0.3, -0.25) is 4.40 Å². The van der Waals surface area contributed by atoms with Crippen LogP contribution < -0.4 is 4.73 Å². The SMILES string of the molecule is Cc1c2c(-c3noc(C4CCSC4)n3)ncn2c2ccccc2[n+]1[O-]. The molecule has 8 heteroatoms. The van der Waals surface area contributed by atoms with Gasteiger partial charge in [0.15, 0.2) is 0 Å². The first-order valence-electron chi connectivity index (χ1n) is 8.13. The summed E-state index contributed by atoms with van der Waals surface area (Å²) in [5.74, 6) is 3.54. The van der Waals surface area contributed by atoms with E-state index in [1.165, 1.54) is 0 Å². The predicted molar refractivity (Wildman–Crippen MR) is 94.4 cm³/mol. The fourth-order valence-electron chi connectivity index (χ4n) is 3.38. The molecule has 0 bridgehead atoms. The van der Waals surface area contributed by atoms with Gasteiger partial charge in [0.25, 0.3) is 0 Å². The van der Waals surface area contributed by atoms with E-state index in [-0.39, 0.29) is 0 Å². The lowest BCUT2D eigenvalue weighted by Crippen LogP contribution is -2.32. The van der Waals surface area contributed by atoms with Crippen LogP contribution in [-0.4, -0.2) is 31.0 Å². The Morgan fingerprint density at radius 2 is 2.24 bits per heavy atom. The van der Waals surface area contributed by atoms with Crippen molar-refractivity contribution in [2.45, 2.75) is 19.3 Å². The van der Waals surface area contributed by atoms with Gasteiger partial charge in [0, 0.05) is 24.7 Å². The Morgan fingerprint density at radius 1 is 1.36 bits per heavy atom. The van der Waals surface area contributed by atoms with Gasteiger partial charge >= 0.3 is 0 Å². The highest BCUT2D eigenvalue weighted by molar-refractivity contribution is 7.99. The Morgan fingerprint density at radius 3 is 3.08 bits per heavy atom. The lowest BCUT2D eigenvalue weighted by molar-refractivity contribution is -0.583. The lowest BCUT2D eigenvalue weighted by Gasteiger charge is -2.08. The average molecular weight is 353 g/mol. The Hall–Kier alpha value is -2.61. The molecule has 1 aromatic carbocycles. The quantitative estimate of drug-likeness (QED) is 0.407. The summed E-state index contributed by atoms with van der Waals surface area (Å²) in [7, 11) is 0. The van der Waals surface area contributed by atoms with Crippen molar-refractivity contribution in [3.8, 4) is 11.5 Å². The van der Waals surface area contributed by atoms with E-state index in [9.17, 15) is 5.21 Å². The van der Waals surface area contributed by atoms with Gasteiger partial charge in [0.05, 0.1) is 0 Å². The van der Waals surface area contributed by atoms with Crippen LogP contribution in [0.2, 0.25) is 0 Å². The molecule has 0 amide bonds. The van der Waals surface area contributed by atoms with Crippen LogP contribution in [0.5, 0.6) is 0 Å². The summed E-state index contributed by atoms with van der Waals surface area (Å²) in [6.45, 7) is 1.79. The molecule has 5 rings (SSSR count). The molecule has 1 aliphatic heterocycles. The Labute approximate surface area is 147 Å². The van der Waals surface area contributed by atoms with Crippen LogP contribution >= 0.6 is 11.8 Å². The van der Waals surface area contributed by atoms with Gasteiger partial charge in [-0.25, -0.2) is 4.98 Å². The third kappa shape index (κ3) is 2.13. The zero-order valence-electron chi connectivity index (χ0n) is 13.5. The molecule has 0 N–H and O–H groups in total. The first kappa shape index (κ1) is 14.7. The number of aromatic nitrogens is 5. The summed E-state index contributed by atoms with van der Waals surface area (Å²) in [6, 6.07) is 7.46. The van der Waals surface area contributed by atoms with Crippen molar-refractivity contribution < 1.29 is 9.25 Å². The first-order chi connectivity index (χ1) is 12.2. The number of para-hydroxylation sites is 2. The minimum atomic E-state index is 0.312. The largest absolute Gasteiger partial charge is 0.618 e. The maximum Gasteiger partial charge on any atom is 0.241 e. The van der Waals surface area contributed by atoms with Gasteiger partial charge in [0.2, 0.25) is 22.9 Å². The highest BCUT2D eigenvalue weighted by Crippen LogP contribution is 2.33. The lowest BCUT2D eigenvalue weighted by atomic mass is 10.1. The fraction of sp³-hybridized carbons (Fsp3) is 0.294. The summed E-state index contributed by atoms with van der Waals surface area (Å²) >= 11 is 1.90. The molecule has 1 fully saturated rings. The van der Waals surface area contributed by atoms with E-state index in [1.54, 1.807) is 19.3 Å². The zero-order chi connectivity index (χ0) is 17.0. The summed E-state index contributed by atoms with van der Waals surface area (Å²) in [6.07, 6.45) is 2.77. The molecule has 1 saturated heterocycles. The second-order valence-corrected chi connectivity index (χ2v) is 7.35. The molecular weight excluding hydrogens is 338 g/mol. The van der Waals surface area contributed by atoms with Crippen molar-refractivity contribution >= 4 is 28.3 Å². The smallest absolute Gasteiger partial charge is 0.241 e. The minimum absolute atomic E-state index is 0.312. The topological polar surface area (TPSA) is 83.2 Å². The molecule has 0 saturated carbocycles. The van der Waals surface area contributed by atoms with Gasteiger partial charge in [-0.1, -0.05) is 17.3 Å². The van der Waals surface area contributed by atoms with Crippen LogP contribution in [-0.2, 0) is 0 Å². The second kappa shape index (κ2) is 5.45. The monoisotopic (exact) mass is 353 g/mol. The van der Waals surface area contributed by atoms with Gasteiger partial charge in [-0.2, -0.15) is 21.5 Å². The van der Waals surface area contributed by atoms with E-state index in [0.29, 0.717) is 40.1 Å². The third-order valence-corrected chi connectivity index (χ3v) is 5.87. The predicted octanol–water partition coefficient (Wildman–Crippen LogP) is 2.70.